The van der Waals surface area contributed by atoms with Gasteiger partial charge in [0.2, 0.25) is 6.08 Å². The van der Waals surface area contributed by atoms with Gasteiger partial charge in [0, 0.05) is 0 Å². The Bertz CT molecular complexity index is 401. The number of nitrogens with zero attached hydrogens (tertiary/aromatic N) is 2. The first-order chi connectivity index (χ1) is 6.27. The quantitative estimate of drug-likeness (QED) is 0.390. The molecule has 1 aromatic carbocycles. The third-order valence-electron chi connectivity index (χ3n) is 1.49. The molecule has 0 fully saturated rings. The number of ether oxygens (including phenoxy) is 1. The molecule has 0 aliphatic carbocycles. The van der Waals surface area contributed by atoms with Gasteiger partial charge in [0.05, 0.1) is 5.69 Å². The lowest BCUT2D eigenvalue weighted by atomic mass is 10.2. The Morgan fingerprint density at radius 2 is 2.31 bits per heavy atom. The van der Waals surface area contributed by atoms with Gasteiger partial charge in [0.1, 0.15) is 5.75 Å². The zero-order valence-corrected chi connectivity index (χ0v) is 6.94. The Kier molecular flexibility index (Phi) is 2.80. The highest BCUT2D eigenvalue weighted by atomic mass is 16.5. The van der Waals surface area contributed by atoms with Gasteiger partial charge < -0.3 is 4.74 Å². The standard InChI is InChI=1S/C9H6N2O2/c1-7-4-8(11-6-12)2-3-9(7)13-5-10/h2-4H,1H3. The van der Waals surface area contributed by atoms with Gasteiger partial charge in [-0.3, -0.25) is 0 Å². The van der Waals surface area contributed by atoms with Crippen molar-refractivity contribution in [2.24, 2.45) is 4.99 Å². The maximum Gasteiger partial charge on any atom is 0.292 e. The first-order valence-electron chi connectivity index (χ1n) is 3.52. The number of isocyanates is 1. The van der Waals surface area contributed by atoms with Crippen molar-refractivity contribution >= 4 is 11.8 Å². The molecular formula is C9H6N2O2. The van der Waals surface area contributed by atoms with Gasteiger partial charge in [0.15, 0.2) is 0 Å². The van der Waals surface area contributed by atoms with E-state index in [9.17, 15) is 4.79 Å². The van der Waals surface area contributed by atoms with E-state index >= 15 is 0 Å². The van der Waals surface area contributed by atoms with Crippen molar-refractivity contribution in [3.8, 4) is 12.0 Å². The van der Waals surface area contributed by atoms with Crippen LogP contribution in [0.5, 0.6) is 5.75 Å². The molecular weight excluding hydrogens is 168 g/mol. The third-order valence-corrected chi connectivity index (χ3v) is 1.49. The molecule has 13 heavy (non-hydrogen) atoms. The van der Waals surface area contributed by atoms with Crippen molar-refractivity contribution in [1.82, 2.24) is 0 Å². The lowest BCUT2D eigenvalue weighted by Crippen LogP contribution is -1.84. The molecule has 0 saturated heterocycles. The number of nitriles is 1. The van der Waals surface area contributed by atoms with Crippen LogP contribution in [0.25, 0.3) is 0 Å². The van der Waals surface area contributed by atoms with Gasteiger partial charge in [-0.05, 0) is 30.7 Å². The van der Waals surface area contributed by atoms with Crippen molar-refractivity contribution in [1.29, 1.82) is 5.26 Å². The number of aliphatic imine (C=N–C) groups is 1. The van der Waals surface area contributed by atoms with Crippen LogP contribution in [0.15, 0.2) is 23.2 Å². The lowest BCUT2D eigenvalue weighted by Gasteiger charge is -2.00. The van der Waals surface area contributed by atoms with Crippen molar-refractivity contribution in [2.75, 3.05) is 0 Å². The fourth-order valence-electron chi connectivity index (χ4n) is 0.920. The topological polar surface area (TPSA) is 62.4 Å². The second-order valence-electron chi connectivity index (χ2n) is 2.35. The fourth-order valence-corrected chi connectivity index (χ4v) is 0.920. The molecule has 0 heterocycles. The van der Waals surface area contributed by atoms with Gasteiger partial charge in [-0.15, -0.1) is 5.26 Å². The smallest absolute Gasteiger partial charge is 0.292 e. The molecule has 0 unspecified atom stereocenters. The van der Waals surface area contributed by atoms with Crippen LogP contribution in [0.4, 0.5) is 5.69 Å². The predicted molar refractivity (Wildman–Crippen MR) is 45.2 cm³/mol. The van der Waals surface area contributed by atoms with Gasteiger partial charge in [0.25, 0.3) is 6.26 Å². The second kappa shape index (κ2) is 4.05. The zero-order valence-electron chi connectivity index (χ0n) is 6.94. The van der Waals surface area contributed by atoms with Crippen LogP contribution in [0.2, 0.25) is 0 Å². The Morgan fingerprint density at radius 3 is 2.85 bits per heavy atom. The molecule has 0 spiro atoms. The first-order valence-corrected chi connectivity index (χ1v) is 3.52. The maximum atomic E-state index is 9.92. The number of aryl methyl sites for hydroxylation is 1. The van der Waals surface area contributed by atoms with Crippen LogP contribution in [0.1, 0.15) is 5.56 Å². The minimum Gasteiger partial charge on any atom is -0.388 e. The third kappa shape index (κ3) is 2.16. The molecule has 4 heteroatoms. The summed E-state index contributed by atoms with van der Waals surface area (Å²) < 4.78 is 4.64. The van der Waals surface area contributed by atoms with Crippen LogP contribution >= 0.6 is 0 Å². The predicted octanol–water partition coefficient (Wildman–Crippen LogP) is 1.82. The summed E-state index contributed by atoms with van der Waals surface area (Å²) in [6.45, 7) is 1.76. The summed E-state index contributed by atoms with van der Waals surface area (Å²) in [7, 11) is 0. The molecule has 0 saturated carbocycles. The molecule has 0 aliphatic rings. The Hall–Kier alpha value is -2.11. The molecule has 1 aromatic rings. The van der Waals surface area contributed by atoms with Crippen LogP contribution in [0.3, 0.4) is 0 Å². The van der Waals surface area contributed by atoms with Gasteiger partial charge in [-0.1, -0.05) is 0 Å². The molecule has 0 atom stereocenters. The molecule has 0 amide bonds. The molecule has 0 aromatic heterocycles. The van der Waals surface area contributed by atoms with Crippen molar-refractivity contribution < 1.29 is 9.53 Å². The van der Waals surface area contributed by atoms with E-state index in [4.69, 9.17) is 5.26 Å². The monoisotopic (exact) mass is 174 g/mol. The van der Waals surface area contributed by atoms with E-state index in [0.29, 0.717) is 11.4 Å². The summed E-state index contributed by atoms with van der Waals surface area (Å²) in [5.41, 5.74) is 1.25. The van der Waals surface area contributed by atoms with E-state index in [1.54, 1.807) is 31.4 Å². The largest absolute Gasteiger partial charge is 0.388 e. The Morgan fingerprint density at radius 1 is 1.54 bits per heavy atom. The molecule has 0 N–H and O–H groups in total. The highest BCUT2D eigenvalue weighted by Crippen LogP contribution is 2.22. The van der Waals surface area contributed by atoms with Crippen molar-refractivity contribution in [2.45, 2.75) is 6.92 Å². The fraction of sp³-hybridized carbons (Fsp3) is 0.111. The summed E-state index contributed by atoms with van der Waals surface area (Å²) in [4.78, 5) is 13.3. The number of carbonyl (C=O) groups excluding carboxylic acids is 1. The first kappa shape index (κ1) is 8.98. The maximum absolute atomic E-state index is 9.92. The Labute approximate surface area is 75.1 Å². The van der Waals surface area contributed by atoms with Crippen LogP contribution in [-0.2, 0) is 4.79 Å². The normalized spacial score (nSPS) is 8.31. The summed E-state index contributed by atoms with van der Waals surface area (Å²) in [6.07, 6.45) is 3.00. The van der Waals surface area contributed by atoms with Crippen LogP contribution in [0, 0.1) is 18.4 Å². The molecule has 1 rings (SSSR count). The van der Waals surface area contributed by atoms with Gasteiger partial charge >= 0.3 is 0 Å². The van der Waals surface area contributed by atoms with Gasteiger partial charge in [-0.25, -0.2) is 4.79 Å². The highest BCUT2D eigenvalue weighted by molar-refractivity contribution is 5.53. The van der Waals surface area contributed by atoms with E-state index in [0.717, 1.165) is 5.56 Å². The van der Waals surface area contributed by atoms with E-state index < -0.39 is 0 Å². The molecule has 4 nitrogen and oxygen atoms in total. The molecule has 0 aliphatic heterocycles. The minimum absolute atomic E-state index is 0.465. The van der Waals surface area contributed by atoms with E-state index in [-0.39, 0.29) is 0 Å². The van der Waals surface area contributed by atoms with Crippen molar-refractivity contribution in [3.63, 3.8) is 0 Å². The zero-order chi connectivity index (χ0) is 9.68. The summed E-state index contributed by atoms with van der Waals surface area (Å²) in [5.74, 6) is 0.465. The molecule has 0 radical (unpaired) electrons. The number of hydrogen-bond acceptors (Lipinski definition) is 4. The average molecular weight is 174 g/mol. The SMILES string of the molecule is Cc1cc(N=C=O)ccc1OC#N. The summed E-state index contributed by atoms with van der Waals surface area (Å²) >= 11 is 0. The molecule has 64 valence electrons. The van der Waals surface area contributed by atoms with E-state index in [1.807, 2.05) is 0 Å². The number of hydrogen-bond donors (Lipinski definition) is 0. The summed E-state index contributed by atoms with van der Waals surface area (Å²) in [5, 5.41) is 8.26. The highest BCUT2D eigenvalue weighted by Gasteiger charge is 1.99. The van der Waals surface area contributed by atoms with Crippen LogP contribution < -0.4 is 4.74 Å². The Balaban J connectivity index is 3.06. The van der Waals surface area contributed by atoms with Gasteiger partial charge in [-0.2, -0.15) is 4.99 Å². The van der Waals surface area contributed by atoms with Crippen LogP contribution in [-0.4, -0.2) is 6.08 Å². The van der Waals surface area contributed by atoms with E-state index in [1.165, 1.54) is 6.08 Å². The minimum atomic E-state index is 0.465. The second-order valence-corrected chi connectivity index (χ2v) is 2.35. The van der Waals surface area contributed by atoms with Crippen molar-refractivity contribution in [3.05, 3.63) is 23.8 Å². The van der Waals surface area contributed by atoms with E-state index in [2.05, 4.69) is 9.73 Å². The number of rotatable bonds is 2. The summed E-state index contributed by atoms with van der Waals surface area (Å²) in [6, 6.07) is 4.79. The number of benzene rings is 1. The lowest BCUT2D eigenvalue weighted by molar-refractivity contribution is 0.503. The molecule has 0 bridgehead atoms. The average Bonchev–Trinajstić information content (AvgIpc) is 2.10.